The molecule has 2 aromatic carbocycles. The van der Waals surface area contributed by atoms with Gasteiger partial charge >= 0.3 is 0 Å². The van der Waals surface area contributed by atoms with Gasteiger partial charge in [-0.05, 0) is 91.7 Å². The second kappa shape index (κ2) is 11.5. The van der Waals surface area contributed by atoms with Crippen LogP contribution in [0.15, 0.2) is 76.6 Å². The zero-order valence-electron chi connectivity index (χ0n) is 21.8. The van der Waals surface area contributed by atoms with E-state index in [0.717, 1.165) is 11.3 Å². The Balaban J connectivity index is 1.29. The van der Waals surface area contributed by atoms with E-state index >= 15 is 0 Å². The summed E-state index contributed by atoms with van der Waals surface area (Å²) in [4.78, 5) is 21.1. The molecule has 0 aliphatic carbocycles. The summed E-state index contributed by atoms with van der Waals surface area (Å²) in [6.07, 6.45) is 4.97. The van der Waals surface area contributed by atoms with Gasteiger partial charge in [-0.25, -0.2) is 0 Å². The SMILES string of the molecule is CCOc1cc(/C=C2/C(=N)N3N=C(c4cccnc4)SC3=NC2=O)ccc1OCCOc1ccc(C)c(C)c1. The third kappa shape index (κ3) is 5.85. The van der Waals surface area contributed by atoms with Crippen molar-refractivity contribution in [3.05, 3.63) is 88.8 Å². The van der Waals surface area contributed by atoms with Crippen molar-refractivity contribution in [1.82, 2.24) is 9.99 Å². The number of aliphatic imine (C=N–C) groups is 1. The molecule has 0 bridgehead atoms. The largest absolute Gasteiger partial charge is 0.490 e. The number of carbonyl (C=O) groups is 1. The highest BCUT2D eigenvalue weighted by Crippen LogP contribution is 2.33. The van der Waals surface area contributed by atoms with Crippen molar-refractivity contribution < 1.29 is 19.0 Å². The molecule has 0 saturated heterocycles. The van der Waals surface area contributed by atoms with E-state index < -0.39 is 5.91 Å². The Morgan fingerprint density at radius 1 is 1.00 bits per heavy atom. The number of hydrogen-bond donors (Lipinski definition) is 1. The van der Waals surface area contributed by atoms with Gasteiger partial charge in [0.05, 0.1) is 12.2 Å². The molecular weight excluding hydrogens is 514 g/mol. The number of ether oxygens (including phenoxy) is 3. The molecule has 5 rings (SSSR count). The highest BCUT2D eigenvalue weighted by molar-refractivity contribution is 8.27. The zero-order valence-corrected chi connectivity index (χ0v) is 22.6. The third-order valence-corrected chi connectivity index (χ3v) is 6.99. The van der Waals surface area contributed by atoms with Crippen LogP contribution in [0.3, 0.4) is 0 Å². The number of amides is 1. The number of hydrazone groups is 1. The fourth-order valence-electron chi connectivity index (χ4n) is 3.88. The number of pyridine rings is 1. The summed E-state index contributed by atoms with van der Waals surface area (Å²) < 4.78 is 17.5. The number of nitrogens with one attached hydrogen (secondary N) is 1. The van der Waals surface area contributed by atoms with Crippen molar-refractivity contribution in [3.8, 4) is 17.2 Å². The Bertz CT molecular complexity index is 1520. The van der Waals surface area contributed by atoms with Crippen molar-refractivity contribution in [2.75, 3.05) is 19.8 Å². The summed E-state index contributed by atoms with van der Waals surface area (Å²) in [6, 6.07) is 15.0. The van der Waals surface area contributed by atoms with E-state index in [9.17, 15) is 4.79 Å². The quantitative estimate of drug-likeness (QED) is 0.292. The topological polar surface area (TPSA) is 109 Å². The summed E-state index contributed by atoms with van der Waals surface area (Å²) >= 11 is 1.23. The number of amidine groups is 2. The van der Waals surface area contributed by atoms with Gasteiger partial charge in [-0.3, -0.25) is 15.2 Å². The van der Waals surface area contributed by atoms with E-state index in [1.807, 2.05) is 31.2 Å². The van der Waals surface area contributed by atoms with Gasteiger partial charge in [0.25, 0.3) is 5.91 Å². The van der Waals surface area contributed by atoms with Crippen LogP contribution in [0.5, 0.6) is 17.2 Å². The van der Waals surface area contributed by atoms with Gasteiger partial charge in [0.15, 0.2) is 17.3 Å². The van der Waals surface area contributed by atoms with Crippen molar-refractivity contribution in [3.63, 3.8) is 0 Å². The first kappa shape index (κ1) is 26.2. The number of benzene rings is 2. The highest BCUT2D eigenvalue weighted by Gasteiger charge is 2.36. The minimum absolute atomic E-state index is 0.0434. The minimum Gasteiger partial charge on any atom is -0.490 e. The van der Waals surface area contributed by atoms with E-state index in [2.05, 4.69) is 28.9 Å². The number of carbonyl (C=O) groups excluding carboxylic acids is 1. The lowest BCUT2D eigenvalue weighted by Crippen LogP contribution is -2.35. The van der Waals surface area contributed by atoms with Crippen LogP contribution in [0.2, 0.25) is 0 Å². The predicted molar refractivity (Wildman–Crippen MR) is 153 cm³/mol. The van der Waals surface area contributed by atoms with Crippen LogP contribution in [0.1, 0.15) is 29.2 Å². The summed E-state index contributed by atoms with van der Waals surface area (Å²) in [5, 5.41) is 15.5. The Morgan fingerprint density at radius 3 is 2.62 bits per heavy atom. The third-order valence-electron chi connectivity index (χ3n) is 6.03. The smallest absolute Gasteiger partial charge is 0.283 e. The Labute approximate surface area is 230 Å². The van der Waals surface area contributed by atoms with Gasteiger partial charge in [-0.2, -0.15) is 15.1 Å². The number of rotatable bonds is 9. The number of hydrogen-bond acceptors (Lipinski definition) is 8. The second-order valence-corrected chi connectivity index (χ2v) is 9.71. The van der Waals surface area contributed by atoms with Gasteiger partial charge in [0.2, 0.25) is 5.17 Å². The first-order valence-corrected chi connectivity index (χ1v) is 13.2. The first-order valence-electron chi connectivity index (χ1n) is 12.4. The first-order chi connectivity index (χ1) is 18.9. The maximum atomic E-state index is 12.8. The normalized spacial score (nSPS) is 15.7. The Morgan fingerprint density at radius 2 is 1.85 bits per heavy atom. The average molecular weight is 542 g/mol. The molecule has 3 heterocycles. The van der Waals surface area contributed by atoms with Crippen LogP contribution in [0.4, 0.5) is 0 Å². The molecular formula is C29H27N5O4S. The molecule has 0 radical (unpaired) electrons. The fraction of sp³-hybridized carbons (Fsp3) is 0.207. The monoisotopic (exact) mass is 541 g/mol. The molecule has 2 aliphatic rings. The summed E-state index contributed by atoms with van der Waals surface area (Å²) in [7, 11) is 0. The molecule has 0 unspecified atom stereocenters. The van der Waals surface area contributed by atoms with Gasteiger partial charge < -0.3 is 14.2 Å². The van der Waals surface area contributed by atoms with E-state index in [1.54, 1.807) is 42.7 Å². The Hall–Kier alpha value is -4.44. The lowest BCUT2D eigenvalue weighted by Gasteiger charge is -2.20. The van der Waals surface area contributed by atoms with Gasteiger partial charge in [0, 0.05) is 18.0 Å². The number of aromatic nitrogens is 1. The van der Waals surface area contributed by atoms with Crippen molar-refractivity contribution in [1.29, 1.82) is 5.41 Å². The highest BCUT2D eigenvalue weighted by atomic mass is 32.2. The molecule has 0 atom stereocenters. The maximum Gasteiger partial charge on any atom is 0.283 e. The fourth-order valence-corrected chi connectivity index (χ4v) is 4.76. The van der Waals surface area contributed by atoms with Crippen LogP contribution >= 0.6 is 11.8 Å². The van der Waals surface area contributed by atoms with E-state index in [-0.39, 0.29) is 11.4 Å². The molecule has 10 heteroatoms. The summed E-state index contributed by atoms with van der Waals surface area (Å²) in [6.45, 7) is 7.15. The molecule has 0 spiro atoms. The molecule has 0 fully saturated rings. The van der Waals surface area contributed by atoms with Gasteiger partial charge in [-0.15, -0.1) is 0 Å². The molecule has 1 N–H and O–H groups in total. The van der Waals surface area contributed by atoms with Crippen LogP contribution in [-0.4, -0.2) is 51.8 Å². The minimum atomic E-state index is -0.497. The average Bonchev–Trinajstić information content (AvgIpc) is 3.37. The summed E-state index contributed by atoms with van der Waals surface area (Å²) in [5.74, 6) is 1.36. The number of fused-ring (bicyclic) bond motifs is 1. The molecule has 0 saturated carbocycles. The number of thioether (sulfide) groups is 1. The standard InChI is InChI=1S/C29H27N5O4S/c1-4-36-25-16-20(8-10-24(25)38-13-12-37-22-9-7-18(2)19(3)14-22)15-23-26(30)34-29(32-27(23)35)39-28(33-34)21-6-5-11-31-17-21/h5-11,14-17,30H,4,12-13H2,1-3H3/b23-15-,30-26?. The van der Waals surface area contributed by atoms with Crippen molar-refractivity contribution in [2.24, 2.45) is 10.1 Å². The molecule has 9 nitrogen and oxygen atoms in total. The predicted octanol–water partition coefficient (Wildman–Crippen LogP) is 5.22. The molecule has 1 aromatic heterocycles. The van der Waals surface area contributed by atoms with Gasteiger partial charge in [0.1, 0.15) is 24.0 Å². The lowest BCUT2D eigenvalue weighted by atomic mass is 10.1. The Kier molecular flexibility index (Phi) is 7.74. The van der Waals surface area contributed by atoms with E-state index in [4.69, 9.17) is 19.6 Å². The van der Waals surface area contributed by atoms with Crippen LogP contribution in [-0.2, 0) is 4.79 Å². The maximum absolute atomic E-state index is 12.8. The summed E-state index contributed by atoms with van der Waals surface area (Å²) in [5.41, 5.74) is 3.99. The van der Waals surface area contributed by atoms with Gasteiger partial charge in [-0.1, -0.05) is 12.1 Å². The van der Waals surface area contributed by atoms with Crippen molar-refractivity contribution in [2.45, 2.75) is 20.8 Å². The molecule has 3 aromatic rings. The second-order valence-electron chi connectivity index (χ2n) is 8.75. The number of nitrogens with zero attached hydrogens (tertiary/aromatic N) is 4. The lowest BCUT2D eigenvalue weighted by molar-refractivity contribution is -0.114. The molecule has 39 heavy (non-hydrogen) atoms. The van der Waals surface area contributed by atoms with Crippen LogP contribution < -0.4 is 14.2 Å². The number of aryl methyl sites for hydroxylation is 2. The van der Waals surface area contributed by atoms with Crippen molar-refractivity contribution >= 4 is 39.8 Å². The molecule has 198 valence electrons. The van der Waals surface area contributed by atoms with E-state index in [1.165, 1.54) is 27.9 Å². The van der Waals surface area contributed by atoms with E-state index in [0.29, 0.717) is 47.1 Å². The van der Waals surface area contributed by atoms with Crippen LogP contribution in [0.25, 0.3) is 6.08 Å². The zero-order chi connectivity index (χ0) is 27.4. The molecule has 1 amide bonds. The van der Waals surface area contributed by atoms with Crippen LogP contribution in [0, 0.1) is 19.3 Å². The molecule has 2 aliphatic heterocycles.